The molecule has 1 unspecified atom stereocenters. The van der Waals surface area contributed by atoms with Gasteiger partial charge in [-0.2, -0.15) is 0 Å². The largest absolute Gasteiger partial charge is 0.347 e. The average Bonchev–Trinajstić information content (AvgIpc) is 2.14. The van der Waals surface area contributed by atoms with Crippen molar-refractivity contribution in [1.82, 2.24) is 10.2 Å². The van der Waals surface area contributed by atoms with Gasteiger partial charge in [0.1, 0.15) is 0 Å². The van der Waals surface area contributed by atoms with Gasteiger partial charge in [-0.15, -0.1) is 0 Å². The van der Waals surface area contributed by atoms with Crippen LogP contribution in [0.25, 0.3) is 0 Å². The van der Waals surface area contributed by atoms with Crippen LogP contribution in [0.1, 0.15) is 26.7 Å². The van der Waals surface area contributed by atoms with Crippen LogP contribution < -0.4 is 5.32 Å². The molecule has 1 aliphatic rings. The van der Waals surface area contributed by atoms with Crippen molar-refractivity contribution in [2.24, 2.45) is 5.92 Å². The lowest BCUT2D eigenvalue weighted by Crippen LogP contribution is -2.44. The van der Waals surface area contributed by atoms with E-state index in [1.54, 1.807) is 0 Å². The summed E-state index contributed by atoms with van der Waals surface area (Å²) in [5, 5.41) is 2.53. The van der Waals surface area contributed by atoms with Gasteiger partial charge < -0.3 is 10.2 Å². The molecular formula is C10H18N2O2. The molecule has 0 radical (unpaired) electrons. The third kappa shape index (κ3) is 3.36. The third-order valence-corrected chi connectivity index (χ3v) is 2.50. The summed E-state index contributed by atoms with van der Waals surface area (Å²) in [5.41, 5.74) is 0. The quantitative estimate of drug-likeness (QED) is 0.697. The molecule has 1 fully saturated rings. The fourth-order valence-electron chi connectivity index (χ4n) is 1.73. The summed E-state index contributed by atoms with van der Waals surface area (Å²) in [6.45, 7) is 5.38. The van der Waals surface area contributed by atoms with Gasteiger partial charge >= 0.3 is 0 Å². The number of piperidine rings is 1. The van der Waals surface area contributed by atoms with Crippen LogP contribution in [-0.2, 0) is 9.59 Å². The topological polar surface area (TPSA) is 49.4 Å². The van der Waals surface area contributed by atoms with Gasteiger partial charge in [0, 0.05) is 20.0 Å². The highest BCUT2D eigenvalue weighted by molar-refractivity contribution is 5.83. The Morgan fingerprint density at radius 2 is 2.21 bits per heavy atom. The van der Waals surface area contributed by atoms with Gasteiger partial charge in [-0.25, -0.2) is 0 Å². The summed E-state index contributed by atoms with van der Waals surface area (Å²) < 4.78 is 0. The van der Waals surface area contributed by atoms with Gasteiger partial charge in [0.2, 0.25) is 11.8 Å². The van der Waals surface area contributed by atoms with E-state index in [2.05, 4.69) is 12.2 Å². The first-order valence-electron chi connectivity index (χ1n) is 5.12. The molecule has 0 aromatic heterocycles. The molecule has 1 atom stereocenters. The third-order valence-electron chi connectivity index (χ3n) is 2.50. The molecule has 1 rings (SSSR count). The Balaban J connectivity index is 2.32. The van der Waals surface area contributed by atoms with Gasteiger partial charge in [-0.1, -0.05) is 6.92 Å². The normalized spacial score (nSPS) is 21.9. The first-order chi connectivity index (χ1) is 6.59. The van der Waals surface area contributed by atoms with Crippen molar-refractivity contribution in [3.05, 3.63) is 0 Å². The first-order valence-corrected chi connectivity index (χ1v) is 5.12. The van der Waals surface area contributed by atoms with Gasteiger partial charge in [-0.05, 0) is 18.8 Å². The Morgan fingerprint density at radius 3 is 2.79 bits per heavy atom. The maximum Gasteiger partial charge on any atom is 0.241 e. The number of rotatable bonds is 2. The minimum atomic E-state index is -0.150. The molecule has 0 spiro atoms. The zero-order valence-corrected chi connectivity index (χ0v) is 8.88. The summed E-state index contributed by atoms with van der Waals surface area (Å²) in [5.74, 6) is 0.472. The van der Waals surface area contributed by atoms with Gasteiger partial charge in [-0.3, -0.25) is 9.59 Å². The lowest BCUT2D eigenvalue weighted by Gasteiger charge is -2.30. The molecule has 1 aliphatic heterocycles. The van der Waals surface area contributed by atoms with E-state index < -0.39 is 0 Å². The van der Waals surface area contributed by atoms with Crippen LogP contribution in [0.3, 0.4) is 0 Å². The minimum absolute atomic E-state index is 0.0340. The molecule has 4 heteroatoms. The number of carbonyl (C=O) groups excluding carboxylic acids is 2. The van der Waals surface area contributed by atoms with Crippen LogP contribution >= 0.6 is 0 Å². The molecule has 4 nitrogen and oxygen atoms in total. The standard InChI is InChI=1S/C10H18N2O2/c1-8-4-3-5-12(7-8)10(14)6-11-9(2)13/h8H,3-7H2,1-2H3,(H,11,13). The zero-order chi connectivity index (χ0) is 10.6. The highest BCUT2D eigenvalue weighted by atomic mass is 16.2. The van der Waals surface area contributed by atoms with E-state index in [0.717, 1.165) is 19.5 Å². The van der Waals surface area contributed by atoms with E-state index >= 15 is 0 Å². The summed E-state index contributed by atoms with van der Waals surface area (Å²) in [7, 11) is 0. The second-order valence-corrected chi connectivity index (χ2v) is 4.00. The van der Waals surface area contributed by atoms with Crippen LogP contribution in [0, 0.1) is 5.92 Å². The second kappa shape index (κ2) is 4.98. The van der Waals surface area contributed by atoms with E-state index in [1.165, 1.54) is 13.3 Å². The maximum absolute atomic E-state index is 11.6. The summed E-state index contributed by atoms with van der Waals surface area (Å²) in [4.78, 5) is 24.0. The number of hydrogen-bond donors (Lipinski definition) is 1. The first kappa shape index (κ1) is 11.0. The molecular weight excluding hydrogens is 180 g/mol. The lowest BCUT2D eigenvalue weighted by atomic mass is 10.0. The molecule has 1 N–H and O–H groups in total. The van der Waals surface area contributed by atoms with Crippen LogP contribution in [0.5, 0.6) is 0 Å². The number of hydrogen-bond acceptors (Lipinski definition) is 2. The Labute approximate surface area is 84.7 Å². The fourth-order valence-corrected chi connectivity index (χ4v) is 1.73. The summed E-state index contributed by atoms with van der Waals surface area (Å²) >= 11 is 0. The lowest BCUT2D eigenvalue weighted by molar-refractivity contribution is -0.133. The van der Waals surface area contributed by atoms with Crippen LogP contribution in [0.2, 0.25) is 0 Å². The number of carbonyl (C=O) groups is 2. The number of nitrogens with zero attached hydrogens (tertiary/aromatic N) is 1. The monoisotopic (exact) mass is 198 g/mol. The van der Waals surface area contributed by atoms with Gasteiger partial charge in [0.05, 0.1) is 6.54 Å². The van der Waals surface area contributed by atoms with Crippen molar-refractivity contribution in [3.63, 3.8) is 0 Å². The van der Waals surface area contributed by atoms with E-state index in [1.807, 2.05) is 4.90 Å². The number of likely N-dealkylation sites (tertiary alicyclic amines) is 1. The van der Waals surface area contributed by atoms with Crippen LogP contribution in [0.15, 0.2) is 0 Å². The van der Waals surface area contributed by atoms with Gasteiger partial charge in [0.15, 0.2) is 0 Å². The second-order valence-electron chi connectivity index (χ2n) is 4.00. The molecule has 0 aromatic carbocycles. The van der Waals surface area contributed by atoms with Crippen molar-refractivity contribution in [3.8, 4) is 0 Å². The molecule has 1 saturated heterocycles. The molecule has 14 heavy (non-hydrogen) atoms. The number of nitrogens with one attached hydrogen (secondary N) is 1. The van der Waals surface area contributed by atoms with Gasteiger partial charge in [0.25, 0.3) is 0 Å². The number of amides is 2. The molecule has 0 saturated carbocycles. The van der Waals surface area contributed by atoms with E-state index in [9.17, 15) is 9.59 Å². The van der Waals surface area contributed by atoms with E-state index in [0.29, 0.717) is 5.92 Å². The molecule has 2 amide bonds. The highest BCUT2D eigenvalue weighted by Gasteiger charge is 2.20. The average molecular weight is 198 g/mol. The molecule has 80 valence electrons. The fraction of sp³-hybridized carbons (Fsp3) is 0.800. The molecule has 0 aliphatic carbocycles. The Hall–Kier alpha value is -1.06. The zero-order valence-electron chi connectivity index (χ0n) is 8.88. The van der Waals surface area contributed by atoms with Crippen LogP contribution in [0.4, 0.5) is 0 Å². The minimum Gasteiger partial charge on any atom is -0.347 e. The predicted molar refractivity (Wildman–Crippen MR) is 53.7 cm³/mol. The van der Waals surface area contributed by atoms with Crippen LogP contribution in [-0.4, -0.2) is 36.3 Å². The Bertz CT molecular complexity index is 228. The van der Waals surface area contributed by atoms with Crippen molar-refractivity contribution >= 4 is 11.8 Å². The maximum atomic E-state index is 11.6. The highest BCUT2D eigenvalue weighted by Crippen LogP contribution is 2.14. The van der Waals surface area contributed by atoms with Crippen molar-refractivity contribution < 1.29 is 9.59 Å². The van der Waals surface area contributed by atoms with E-state index in [4.69, 9.17) is 0 Å². The summed E-state index contributed by atoms with van der Waals surface area (Å²) in [6, 6.07) is 0. The SMILES string of the molecule is CC(=O)NCC(=O)N1CCCC(C)C1. The predicted octanol–water partition coefficient (Wildman–Crippen LogP) is 0.381. The molecule has 0 aromatic rings. The Kier molecular flexibility index (Phi) is 3.92. The molecule has 0 bridgehead atoms. The van der Waals surface area contributed by atoms with E-state index in [-0.39, 0.29) is 18.4 Å². The van der Waals surface area contributed by atoms with Crippen molar-refractivity contribution in [2.45, 2.75) is 26.7 Å². The smallest absolute Gasteiger partial charge is 0.241 e. The molecule has 1 heterocycles. The Morgan fingerprint density at radius 1 is 1.50 bits per heavy atom. The summed E-state index contributed by atoms with van der Waals surface area (Å²) in [6.07, 6.45) is 2.27. The van der Waals surface area contributed by atoms with Crippen molar-refractivity contribution in [2.75, 3.05) is 19.6 Å². The van der Waals surface area contributed by atoms with Crippen molar-refractivity contribution in [1.29, 1.82) is 0 Å².